The lowest BCUT2D eigenvalue weighted by molar-refractivity contribution is -0.143. The number of unbranched alkanes of at least 4 members (excludes halogenated alkanes) is 2. The van der Waals surface area contributed by atoms with Gasteiger partial charge in [-0.2, -0.15) is 0 Å². The first-order chi connectivity index (χ1) is 12.1. The Labute approximate surface area is 160 Å². The van der Waals surface area contributed by atoms with Crippen molar-refractivity contribution in [2.24, 2.45) is 17.6 Å². The topological polar surface area (TPSA) is 86.9 Å². The Morgan fingerprint density at radius 2 is 1.62 bits per heavy atom. The second-order valence-electron chi connectivity index (χ2n) is 7.79. The number of nitrogens with zero attached hydrogens (tertiary/aromatic N) is 2. The first-order valence-corrected chi connectivity index (χ1v) is 10.1. The van der Waals surface area contributed by atoms with Crippen LogP contribution in [0.15, 0.2) is 0 Å². The average Bonchev–Trinajstić information content (AvgIpc) is 2.56. The summed E-state index contributed by atoms with van der Waals surface area (Å²) >= 11 is 0. The molecular formula is C20H41N3O3. The number of likely N-dealkylation sites (N-methyl/N-ethyl adjacent to an activating group) is 1. The van der Waals surface area contributed by atoms with Gasteiger partial charge in [-0.25, -0.2) is 0 Å². The number of carbonyl (C=O) groups excluding carboxylic acids is 2. The molecule has 0 aliphatic heterocycles. The average molecular weight is 372 g/mol. The second-order valence-corrected chi connectivity index (χ2v) is 7.79. The fourth-order valence-electron chi connectivity index (χ4n) is 3.24. The van der Waals surface area contributed by atoms with E-state index >= 15 is 0 Å². The fraction of sp³-hybridized carbons (Fsp3) is 0.900. The van der Waals surface area contributed by atoms with Crippen LogP contribution in [0.1, 0.15) is 66.7 Å². The highest BCUT2D eigenvalue weighted by atomic mass is 16.3. The summed E-state index contributed by atoms with van der Waals surface area (Å²) in [6, 6.07) is -0.966. The Morgan fingerprint density at radius 1 is 1.04 bits per heavy atom. The summed E-state index contributed by atoms with van der Waals surface area (Å²) in [5, 5.41) is 10.6. The molecule has 154 valence electrons. The van der Waals surface area contributed by atoms with Gasteiger partial charge < -0.3 is 20.6 Å². The quantitative estimate of drug-likeness (QED) is 0.459. The number of aliphatic hydroxyl groups excluding tert-OH is 1. The number of hydrogen-bond acceptors (Lipinski definition) is 4. The number of primary amides is 1. The van der Waals surface area contributed by atoms with Crippen molar-refractivity contribution in [3.8, 4) is 0 Å². The third-order valence-electron chi connectivity index (χ3n) is 5.12. The predicted octanol–water partition coefficient (Wildman–Crippen LogP) is 2.24. The van der Waals surface area contributed by atoms with Crippen LogP contribution in [0.3, 0.4) is 0 Å². The van der Waals surface area contributed by atoms with Crippen LogP contribution in [0.5, 0.6) is 0 Å². The van der Waals surface area contributed by atoms with Crippen LogP contribution < -0.4 is 5.73 Å². The number of rotatable bonds is 14. The molecule has 0 rings (SSSR count). The highest BCUT2D eigenvalue weighted by Gasteiger charge is 2.34. The normalized spacial score (nSPS) is 15.1. The molecule has 0 aromatic heterocycles. The molecule has 0 fully saturated rings. The minimum Gasteiger partial charge on any atom is -0.390 e. The van der Waals surface area contributed by atoms with Gasteiger partial charge in [0, 0.05) is 13.5 Å². The maximum absolute atomic E-state index is 12.2. The molecule has 0 aromatic carbocycles. The van der Waals surface area contributed by atoms with Crippen LogP contribution in [0.2, 0.25) is 0 Å². The van der Waals surface area contributed by atoms with E-state index in [4.69, 9.17) is 5.73 Å². The molecule has 26 heavy (non-hydrogen) atoms. The van der Waals surface area contributed by atoms with Crippen molar-refractivity contribution in [1.82, 2.24) is 9.80 Å². The van der Waals surface area contributed by atoms with Crippen molar-refractivity contribution in [3.05, 3.63) is 0 Å². The highest BCUT2D eigenvalue weighted by molar-refractivity contribution is 5.87. The van der Waals surface area contributed by atoms with Crippen LogP contribution in [0.4, 0.5) is 0 Å². The monoisotopic (exact) mass is 371 g/mol. The second kappa shape index (κ2) is 13.1. The van der Waals surface area contributed by atoms with Crippen molar-refractivity contribution in [3.63, 3.8) is 0 Å². The first kappa shape index (κ1) is 24.9. The van der Waals surface area contributed by atoms with E-state index in [2.05, 4.69) is 18.7 Å². The van der Waals surface area contributed by atoms with Crippen LogP contribution in [-0.2, 0) is 9.59 Å². The van der Waals surface area contributed by atoms with Gasteiger partial charge >= 0.3 is 0 Å². The zero-order valence-electron chi connectivity index (χ0n) is 17.7. The van der Waals surface area contributed by atoms with Gasteiger partial charge in [0.25, 0.3) is 0 Å². The smallest absolute Gasteiger partial charge is 0.242 e. The predicted molar refractivity (Wildman–Crippen MR) is 107 cm³/mol. The summed E-state index contributed by atoms with van der Waals surface area (Å²) in [5.41, 5.74) is 5.49. The summed E-state index contributed by atoms with van der Waals surface area (Å²) in [7, 11) is 1.56. The molecule has 0 aromatic rings. The van der Waals surface area contributed by atoms with Gasteiger partial charge in [0.1, 0.15) is 6.04 Å². The minimum absolute atomic E-state index is 0.0877. The SMILES string of the molecule is CCN(CC)CCCCC[C@@H](C)[C@@H](O)[C@@H](C(N)=O)N(C)C(=O)CC(C)C. The maximum Gasteiger partial charge on any atom is 0.242 e. The molecule has 0 spiro atoms. The largest absolute Gasteiger partial charge is 0.390 e. The number of nitrogens with two attached hydrogens (primary N) is 1. The molecule has 2 amide bonds. The van der Waals surface area contributed by atoms with Crippen molar-refractivity contribution in [2.45, 2.75) is 78.9 Å². The molecule has 0 heterocycles. The van der Waals surface area contributed by atoms with Crippen molar-refractivity contribution >= 4 is 11.8 Å². The molecule has 0 unspecified atom stereocenters. The van der Waals surface area contributed by atoms with E-state index in [-0.39, 0.29) is 17.7 Å². The van der Waals surface area contributed by atoms with Gasteiger partial charge in [0.05, 0.1) is 6.10 Å². The molecule has 0 saturated heterocycles. The minimum atomic E-state index is -0.966. The van der Waals surface area contributed by atoms with Crippen molar-refractivity contribution in [2.75, 3.05) is 26.7 Å². The van der Waals surface area contributed by atoms with Gasteiger partial charge in [-0.15, -0.1) is 0 Å². The van der Waals surface area contributed by atoms with Crippen LogP contribution in [0, 0.1) is 11.8 Å². The molecule has 0 saturated carbocycles. The van der Waals surface area contributed by atoms with Gasteiger partial charge in [0.2, 0.25) is 11.8 Å². The van der Waals surface area contributed by atoms with E-state index in [9.17, 15) is 14.7 Å². The van der Waals surface area contributed by atoms with E-state index in [0.717, 1.165) is 45.3 Å². The fourth-order valence-corrected chi connectivity index (χ4v) is 3.24. The Kier molecular flexibility index (Phi) is 12.5. The summed E-state index contributed by atoms with van der Waals surface area (Å²) in [6.07, 6.45) is 3.45. The third-order valence-corrected chi connectivity index (χ3v) is 5.12. The molecule has 0 bridgehead atoms. The zero-order valence-corrected chi connectivity index (χ0v) is 17.7. The lowest BCUT2D eigenvalue weighted by Gasteiger charge is -2.33. The van der Waals surface area contributed by atoms with Gasteiger partial charge in [-0.3, -0.25) is 9.59 Å². The third kappa shape index (κ3) is 8.99. The van der Waals surface area contributed by atoms with Gasteiger partial charge in [-0.05, 0) is 44.3 Å². The summed E-state index contributed by atoms with van der Waals surface area (Å²) < 4.78 is 0. The van der Waals surface area contributed by atoms with Crippen LogP contribution in [0.25, 0.3) is 0 Å². The molecule has 0 aliphatic rings. The number of aliphatic hydroxyl groups is 1. The molecule has 0 aliphatic carbocycles. The molecule has 6 nitrogen and oxygen atoms in total. The lowest BCUT2D eigenvalue weighted by atomic mass is 9.91. The highest BCUT2D eigenvalue weighted by Crippen LogP contribution is 2.20. The summed E-state index contributed by atoms with van der Waals surface area (Å²) in [4.78, 5) is 27.8. The Balaban J connectivity index is 4.52. The first-order valence-electron chi connectivity index (χ1n) is 10.1. The zero-order chi connectivity index (χ0) is 20.3. The van der Waals surface area contributed by atoms with E-state index in [0.29, 0.717) is 6.42 Å². The van der Waals surface area contributed by atoms with Crippen LogP contribution in [-0.4, -0.2) is 65.5 Å². The molecule has 6 heteroatoms. The molecule has 0 radical (unpaired) electrons. The van der Waals surface area contributed by atoms with E-state index in [1.54, 1.807) is 7.05 Å². The molecule has 3 N–H and O–H groups in total. The van der Waals surface area contributed by atoms with Crippen molar-refractivity contribution in [1.29, 1.82) is 0 Å². The Morgan fingerprint density at radius 3 is 2.08 bits per heavy atom. The van der Waals surface area contributed by atoms with Gasteiger partial charge in [0.15, 0.2) is 0 Å². The van der Waals surface area contributed by atoms with Crippen molar-refractivity contribution < 1.29 is 14.7 Å². The van der Waals surface area contributed by atoms with E-state index in [1.165, 1.54) is 4.90 Å². The van der Waals surface area contributed by atoms with Crippen LogP contribution >= 0.6 is 0 Å². The Bertz CT molecular complexity index is 411. The number of hydrogen-bond donors (Lipinski definition) is 2. The number of amides is 2. The molecular weight excluding hydrogens is 330 g/mol. The van der Waals surface area contributed by atoms with E-state index < -0.39 is 18.1 Å². The lowest BCUT2D eigenvalue weighted by Crippen LogP contribution is -2.54. The summed E-state index contributed by atoms with van der Waals surface area (Å²) in [5.74, 6) is -0.700. The maximum atomic E-state index is 12.2. The standard InChI is InChI=1S/C20H41N3O3/c1-7-23(8-2)13-11-9-10-12-16(5)19(25)18(20(21)26)22(6)17(24)14-15(3)4/h15-16,18-19,25H,7-14H2,1-6H3,(H2,21,26)/t16-,18+,19-/m1/s1. The Hall–Kier alpha value is -1.14. The molecule has 3 atom stereocenters. The van der Waals surface area contributed by atoms with E-state index in [1.807, 2.05) is 20.8 Å². The number of carbonyl (C=O) groups is 2. The van der Waals surface area contributed by atoms with Gasteiger partial charge in [-0.1, -0.05) is 47.5 Å². The summed E-state index contributed by atoms with van der Waals surface area (Å²) in [6.45, 7) is 13.4.